The number of carboxylic acids is 2. The van der Waals surface area contributed by atoms with E-state index in [1.807, 2.05) is 0 Å². The molecule has 0 aliphatic rings. The second kappa shape index (κ2) is 11.9. The summed E-state index contributed by atoms with van der Waals surface area (Å²) in [6.07, 6.45) is -5.08. The molecule has 0 heterocycles. The highest BCUT2D eigenvalue weighted by molar-refractivity contribution is 5.83. The molecule has 0 fully saturated rings. The van der Waals surface area contributed by atoms with Crippen molar-refractivity contribution in [1.29, 1.82) is 0 Å². The predicted molar refractivity (Wildman–Crippen MR) is 100 cm³/mol. The molecule has 0 spiro atoms. The van der Waals surface area contributed by atoms with Crippen molar-refractivity contribution in [1.82, 2.24) is 9.80 Å². The monoisotopic (exact) mass is 406 g/mol. The first kappa shape index (κ1) is 16.3. The minimum absolute atomic E-state index is 0.223. The molecular weight excluding hydrogens is 372 g/mol. The summed E-state index contributed by atoms with van der Waals surface area (Å²) in [5.74, 6) is -3.31. The molecule has 10 heteroatoms. The summed E-state index contributed by atoms with van der Waals surface area (Å²) in [5.41, 5.74) is 0.423. The first-order valence-corrected chi connectivity index (χ1v) is 7.98. The summed E-state index contributed by atoms with van der Waals surface area (Å²) in [6, 6.07) is 5.27. The van der Waals surface area contributed by atoms with Gasteiger partial charge in [-0.2, -0.15) is 0 Å². The fraction of sp³-hybridized carbons (Fsp3) is 0.500. The number of hydrogen-bond acceptors (Lipinski definition) is 7. The summed E-state index contributed by atoms with van der Waals surface area (Å²) >= 11 is 0. The third-order valence-corrected chi connectivity index (χ3v) is 3.52. The van der Waals surface area contributed by atoms with Gasteiger partial charge in [-0.15, -0.1) is 0 Å². The summed E-state index contributed by atoms with van der Waals surface area (Å²) in [7, 11) is 1.58. The van der Waals surface area contributed by atoms with Gasteiger partial charge in [0.1, 0.15) is 5.75 Å². The molecule has 1 amide bonds. The molecular formula is C18H28N2O8. The zero-order valence-electron chi connectivity index (χ0n) is 21.6. The van der Waals surface area contributed by atoms with Gasteiger partial charge in [0.25, 0.3) is 0 Å². The Morgan fingerprint density at radius 3 is 2.11 bits per heavy atom. The van der Waals surface area contributed by atoms with Crippen LogP contribution < -0.4 is 4.74 Å². The first-order chi connectivity index (χ1) is 15.3. The van der Waals surface area contributed by atoms with Crippen LogP contribution in [-0.2, 0) is 9.59 Å². The van der Waals surface area contributed by atoms with Gasteiger partial charge in [-0.25, -0.2) is 14.4 Å². The lowest BCUT2D eigenvalue weighted by Gasteiger charge is -2.21. The summed E-state index contributed by atoms with van der Waals surface area (Å²) in [4.78, 5) is 33.2. The van der Waals surface area contributed by atoms with Gasteiger partial charge >= 0.3 is 18.0 Å². The normalized spacial score (nSPS) is 17.6. The third-order valence-electron chi connectivity index (χ3n) is 3.52. The second-order valence-corrected chi connectivity index (χ2v) is 5.57. The number of aliphatic carboxylic acids is 2. The van der Waals surface area contributed by atoms with Crippen LogP contribution >= 0.6 is 0 Å². The molecule has 3 atom stereocenters. The molecule has 4 N–H and O–H groups in total. The lowest BCUT2D eigenvalue weighted by atomic mass is 10.1. The maximum absolute atomic E-state index is 11.8. The molecule has 0 bridgehead atoms. The van der Waals surface area contributed by atoms with Crippen LogP contribution in [0.3, 0.4) is 0 Å². The standard InChI is InChI=1S/C14H22N2O2.C4H6O6/c1-6-16(5)14(17)18-13-9-7-8-12(10-13)11(2)15(3)4;5-1(3(7)8)2(6)4(9)10/h7-11H,6H2,1-5H3;1-2,5-6H,(H,7,8)(H,9,10)/t11-;1-,2-/m11/s1/i3D3,4D3;. The van der Waals surface area contributed by atoms with E-state index >= 15 is 0 Å². The van der Waals surface area contributed by atoms with E-state index in [0.29, 0.717) is 17.0 Å². The summed E-state index contributed by atoms with van der Waals surface area (Å²) < 4.78 is 50.1. The van der Waals surface area contributed by atoms with Gasteiger partial charge in [-0.3, -0.25) is 0 Å². The lowest BCUT2D eigenvalue weighted by molar-refractivity contribution is -0.165. The SMILES string of the molecule is O=C(O)[C@H](O)[C@@H](O)C(=O)O.[2H]C([2H])([2H])N([C@H](C)c1cccc(OC(=O)N(C)CC)c1)C([2H])([2H])[2H]. The van der Waals surface area contributed by atoms with Gasteiger partial charge in [-0.05, 0) is 45.5 Å². The molecule has 158 valence electrons. The van der Waals surface area contributed by atoms with Crippen LogP contribution in [0.25, 0.3) is 0 Å². The minimum Gasteiger partial charge on any atom is -0.479 e. The highest BCUT2D eigenvalue weighted by Crippen LogP contribution is 2.22. The maximum Gasteiger partial charge on any atom is 0.414 e. The van der Waals surface area contributed by atoms with E-state index in [1.54, 1.807) is 32.2 Å². The Morgan fingerprint density at radius 2 is 1.68 bits per heavy atom. The summed E-state index contributed by atoms with van der Waals surface area (Å²) in [6.45, 7) is -1.83. The number of benzene rings is 1. The Labute approximate surface area is 172 Å². The number of carbonyl (C=O) groups is 3. The Morgan fingerprint density at radius 1 is 1.14 bits per heavy atom. The van der Waals surface area contributed by atoms with Crippen molar-refractivity contribution in [3.05, 3.63) is 29.8 Å². The van der Waals surface area contributed by atoms with E-state index in [0.717, 1.165) is 0 Å². The van der Waals surface area contributed by atoms with Crippen molar-refractivity contribution < 1.29 is 47.8 Å². The fourth-order valence-corrected chi connectivity index (χ4v) is 1.56. The zero-order valence-corrected chi connectivity index (χ0v) is 15.6. The molecule has 0 unspecified atom stereocenters. The van der Waals surface area contributed by atoms with Crippen LogP contribution in [0.2, 0.25) is 0 Å². The van der Waals surface area contributed by atoms with Gasteiger partial charge in [0.15, 0.2) is 12.2 Å². The van der Waals surface area contributed by atoms with Crippen molar-refractivity contribution in [2.75, 3.05) is 27.5 Å². The fourth-order valence-electron chi connectivity index (χ4n) is 1.56. The lowest BCUT2D eigenvalue weighted by Crippen LogP contribution is -2.39. The van der Waals surface area contributed by atoms with Crippen molar-refractivity contribution in [2.24, 2.45) is 0 Å². The number of rotatable bonds is 7. The second-order valence-electron chi connectivity index (χ2n) is 5.57. The Hall–Kier alpha value is -2.69. The van der Waals surface area contributed by atoms with Crippen molar-refractivity contribution in [2.45, 2.75) is 32.1 Å². The van der Waals surface area contributed by atoms with Gasteiger partial charge in [0.05, 0.1) is 0 Å². The number of ether oxygens (including phenoxy) is 1. The third kappa shape index (κ3) is 8.33. The highest BCUT2D eigenvalue weighted by atomic mass is 16.6. The zero-order chi connectivity index (χ0) is 27.0. The highest BCUT2D eigenvalue weighted by Gasteiger charge is 2.29. The van der Waals surface area contributed by atoms with Crippen molar-refractivity contribution in [3.8, 4) is 5.75 Å². The Bertz CT molecular complexity index is 816. The number of carbonyl (C=O) groups excluding carboxylic acids is 1. The number of aliphatic hydroxyl groups excluding tert-OH is 2. The van der Waals surface area contributed by atoms with Gasteiger partial charge in [0.2, 0.25) is 0 Å². The summed E-state index contributed by atoms with van der Waals surface area (Å²) in [5, 5.41) is 32.5. The predicted octanol–water partition coefficient (Wildman–Crippen LogP) is 0.637. The molecule has 0 aromatic heterocycles. The Kier molecular flexibility index (Phi) is 6.92. The smallest absolute Gasteiger partial charge is 0.414 e. The molecule has 0 saturated carbocycles. The number of carboxylic acid groups (broad SMARTS) is 2. The number of hydrogen-bond donors (Lipinski definition) is 4. The number of nitrogens with zero attached hydrogens (tertiary/aromatic N) is 2. The molecule has 10 nitrogen and oxygen atoms in total. The molecule has 0 aliphatic heterocycles. The van der Waals surface area contributed by atoms with Crippen molar-refractivity contribution >= 4 is 18.0 Å². The number of aliphatic hydroxyl groups is 2. The first-order valence-electron chi connectivity index (χ1n) is 11.0. The van der Waals surface area contributed by atoms with Gasteiger partial charge in [0, 0.05) is 27.9 Å². The van der Waals surface area contributed by atoms with Crippen LogP contribution in [0.1, 0.15) is 33.7 Å². The Balaban J connectivity index is 0.000000916. The largest absolute Gasteiger partial charge is 0.479 e. The van der Waals surface area contributed by atoms with Crippen LogP contribution in [0, 0.1) is 0 Å². The van der Waals surface area contributed by atoms with Gasteiger partial charge < -0.3 is 35.0 Å². The molecule has 1 aromatic carbocycles. The van der Waals surface area contributed by atoms with E-state index in [1.165, 1.54) is 17.9 Å². The average Bonchev–Trinajstić information content (AvgIpc) is 2.70. The average molecular weight is 406 g/mol. The van der Waals surface area contributed by atoms with E-state index in [2.05, 4.69) is 0 Å². The topological polar surface area (TPSA) is 148 Å². The van der Waals surface area contributed by atoms with E-state index < -0.39 is 50.2 Å². The molecule has 1 rings (SSSR count). The van der Waals surface area contributed by atoms with Gasteiger partial charge in [-0.1, -0.05) is 12.1 Å². The van der Waals surface area contributed by atoms with Crippen LogP contribution in [0.5, 0.6) is 5.75 Å². The minimum atomic E-state index is -2.79. The van der Waals surface area contributed by atoms with E-state index in [4.69, 9.17) is 33.4 Å². The quantitative estimate of drug-likeness (QED) is 0.512. The van der Waals surface area contributed by atoms with Crippen LogP contribution in [0.4, 0.5) is 4.79 Å². The van der Waals surface area contributed by atoms with E-state index in [-0.39, 0.29) is 5.75 Å². The molecule has 0 saturated heterocycles. The molecule has 28 heavy (non-hydrogen) atoms. The van der Waals surface area contributed by atoms with Crippen molar-refractivity contribution in [3.63, 3.8) is 0 Å². The van der Waals surface area contributed by atoms with Crippen LogP contribution in [0.15, 0.2) is 24.3 Å². The number of amides is 1. The maximum atomic E-state index is 11.8. The van der Waals surface area contributed by atoms with E-state index in [9.17, 15) is 14.4 Å². The molecule has 1 aromatic rings. The molecule has 0 radical (unpaired) electrons. The molecule has 0 aliphatic carbocycles. The van der Waals surface area contributed by atoms with Crippen LogP contribution in [-0.4, -0.2) is 88.0 Å².